The van der Waals surface area contributed by atoms with Gasteiger partial charge in [-0.05, 0) is 73.2 Å². The maximum Gasteiger partial charge on any atom is 0.150 e. The lowest BCUT2D eigenvalue weighted by atomic mass is 10.1. The molecule has 0 aliphatic rings. The molecule has 4 aromatic rings. The van der Waals surface area contributed by atoms with E-state index in [1.165, 1.54) is 0 Å². The Hall–Kier alpha value is -3.66. The molecule has 4 heteroatoms. The number of ether oxygens (including phenoxy) is 2. The number of hydrogen-bond donors (Lipinski definition) is 2. The lowest BCUT2D eigenvalue weighted by molar-refractivity contribution is 0.483. The molecule has 30 heavy (non-hydrogen) atoms. The van der Waals surface area contributed by atoms with Gasteiger partial charge in [0.15, 0.2) is 11.5 Å². The van der Waals surface area contributed by atoms with Gasteiger partial charge in [0.2, 0.25) is 0 Å². The van der Waals surface area contributed by atoms with E-state index >= 15 is 0 Å². The highest BCUT2D eigenvalue weighted by Crippen LogP contribution is 2.34. The van der Waals surface area contributed by atoms with E-state index in [-0.39, 0.29) is 0 Å². The molecule has 0 radical (unpaired) electrons. The molecule has 0 aliphatic heterocycles. The second-order valence-electron chi connectivity index (χ2n) is 6.93. The van der Waals surface area contributed by atoms with Crippen molar-refractivity contribution in [3.05, 3.63) is 84.9 Å². The molecule has 152 valence electrons. The van der Waals surface area contributed by atoms with E-state index in [2.05, 4.69) is 36.6 Å². The van der Waals surface area contributed by atoms with E-state index in [1.807, 2.05) is 72.8 Å². The van der Waals surface area contributed by atoms with Crippen LogP contribution in [0.2, 0.25) is 0 Å². The highest BCUT2D eigenvalue weighted by molar-refractivity contribution is 5.85. The van der Waals surface area contributed by atoms with Gasteiger partial charge in [-0.25, -0.2) is 0 Å². The number of anilines is 2. The third-order valence-corrected chi connectivity index (χ3v) is 4.75. The number of benzene rings is 4. The zero-order valence-electron chi connectivity index (χ0n) is 17.3. The fraction of sp³-hybridized carbons (Fsp3) is 0.154. The zero-order valence-corrected chi connectivity index (χ0v) is 17.3. The number of fused-ring (bicyclic) bond motifs is 1. The monoisotopic (exact) mass is 398 g/mol. The molecule has 0 spiro atoms. The molecular weight excluding hydrogens is 372 g/mol. The van der Waals surface area contributed by atoms with Crippen molar-refractivity contribution in [2.45, 2.75) is 13.8 Å². The lowest BCUT2D eigenvalue weighted by Gasteiger charge is -2.14. The number of hydrogen-bond acceptors (Lipinski definition) is 4. The van der Waals surface area contributed by atoms with E-state index in [0.717, 1.165) is 58.2 Å². The van der Waals surface area contributed by atoms with Crippen LogP contribution < -0.4 is 20.1 Å². The van der Waals surface area contributed by atoms with E-state index in [4.69, 9.17) is 9.47 Å². The van der Waals surface area contributed by atoms with Crippen LogP contribution in [-0.4, -0.2) is 13.1 Å². The van der Waals surface area contributed by atoms with Gasteiger partial charge in [-0.1, -0.05) is 36.4 Å². The van der Waals surface area contributed by atoms with Gasteiger partial charge in [0.1, 0.15) is 11.5 Å². The molecule has 0 aliphatic carbocycles. The van der Waals surface area contributed by atoms with Crippen LogP contribution in [0.3, 0.4) is 0 Å². The summed E-state index contributed by atoms with van der Waals surface area (Å²) in [7, 11) is 0. The summed E-state index contributed by atoms with van der Waals surface area (Å²) < 4.78 is 12.3. The molecule has 0 atom stereocenters. The average molecular weight is 399 g/mol. The molecule has 0 bridgehead atoms. The zero-order chi connectivity index (χ0) is 20.8. The van der Waals surface area contributed by atoms with Crippen LogP contribution in [0.15, 0.2) is 84.9 Å². The topological polar surface area (TPSA) is 42.5 Å². The lowest BCUT2D eigenvalue weighted by Crippen LogP contribution is -1.99. The molecule has 4 aromatic carbocycles. The molecule has 2 N–H and O–H groups in total. The summed E-state index contributed by atoms with van der Waals surface area (Å²) >= 11 is 0. The largest absolute Gasteiger partial charge is 0.455 e. The number of para-hydroxylation sites is 4. The molecular formula is C26H26N2O2. The minimum atomic E-state index is 0.790. The summed E-state index contributed by atoms with van der Waals surface area (Å²) in [6, 6.07) is 28.1. The molecule has 0 heterocycles. The summed E-state index contributed by atoms with van der Waals surface area (Å²) in [5, 5.41) is 8.87. The van der Waals surface area contributed by atoms with Crippen molar-refractivity contribution in [2.24, 2.45) is 0 Å². The highest BCUT2D eigenvalue weighted by Gasteiger charge is 2.07. The Kier molecular flexibility index (Phi) is 6.04. The molecule has 0 aromatic heterocycles. The van der Waals surface area contributed by atoms with E-state index in [1.54, 1.807) is 0 Å². The summed E-state index contributed by atoms with van der Waals surface area (Å²) in [5.41, 5.74) is 1.97. The van der Waals surface area contributed by atoms with Crippen LogP contribution in [0.1, 0.15) is 13.8 Å². The van der Waals surface area contributed by atoms with E-state index in [0.29, 0.717) is 0 Å². The van der Waals surface area contributed by atoms with Gasteiger partial charge in [-0.2, -0.15) is 0 Å². The Morgan fingerprint density at radius 3 is 1.50 bits per heavy atom. The van der Waals surface area contributed by atoms with Gasteiger partial charge < -0.3 is 20.1 Å². The van der Waals surface area contributed by atoms with Crippen molar-refractivity contribution in [3.8, 4) is 23.0 Å². The molecule has 0 unspecified atom stereocenters. The number of nitrogens with one attached hydrogen (secondary N) is 2. The molecule has 0 amide bonds. The normalized spacial score (nSPS) is 10.6. The van der Waals surface area contributed by atoms with Crippen LogP contribution in [0.25, 0.3) is 10.8 Å². The predicted octanol–water partition coefficient (Wildman–Crippen LogP) is 7.29. The minimum Gasteiger partial charge on any atom is -0.455 e. The third-order valence-electron chi connectivity index (χ3n) is 4.75. The second kappa shape index (κ2) is 9.23. The standard InChI is InChI=1S/C26H26N2O2/c1-3-27-23-9-5-7-11-25(23)29-21-15-13-19-14-16-22(18-20(19)17-21)30-26-12-8-6-10-24(26)28-4-2/h5-18,27-28H,3-4H2,1-2H3. The minimum absolute atomic E-state index is 0.790. The first-order valence-corrected chi connectivity index (χ1v) is 10.3. The molecule has 4 rings (SSSR count). The Morgan fingerprint density at radius 1 is 0.567 bits per heavy atom. The van der Waals surface area contributed by atoms with Crippen LogP contribution in [0, 0.1) is 0 Å². The van der Waals surface area contributed by atoms with E-state index in [9.17, 15) is 0 Å². The fourth-order valence-electron chi connectivity index (χ4n) is 3.37. The van der Waals surface area contributed by atoms with E-state index < -0.39 is 0 Å². The summed E-state index contributed by atoms with van der Waals surface area (Å²) in [4.78, 5) is 0. The molecule has 4 nitrogen and oxygen atoms in total. The Morgan fingerprint density at radius 2 is 1.03 bits per heavy atom. The van der Waals surface area contributed by atoms with Gasteiger partial charge in [-0.15, -0.1) is 0 Å². The van der Waals surface area contributed by atoms with Gasteiger partial charge in [-0.3, -0.25) is 0 Å². The van der Waals surface area contributed by atoms with Crippen molar-refractivity contribution < 1.29 is 9.47 Å². The fourth-order valence-corrected chi connectivity index (χ4v) is 3.37. The first kappa shape index (κ1) is 19.6. The van der Waals surface area contributed by atoms with Crippen molar-refractivity contribution >= 4 is 22.1 Å². The maximum atomic E-state index is 6.17. The van der Waals surface area contributed by atoms with Gasteiger partial charge in [0, 0.05) is 13.1 Å². The molecule has 0 saturated heterocycles. The quantitative estimate of drug-likeness (QED) is 0.327. The first-order chi connectivity index (χ1) is 14.8. The van der Waals surface area contributed by atoms with Crippen LogP contribution in [0.5, 0.6) is 23.0 Å². The Bertz CT molecular complexity index is 1050. The van der Waals surface area contributed by atoms with Crippen LogP contribution >= 0.6 is 0 Å². The average Bonchev–Trinajstić information content (AvgIpc) is 2.77. The Balaban J connectivity index is 1.61. The van der Waals surface area contributed by atoms with Crippen molar-refractivity contribution in [1.82, 2.24) is 0 Å². The van der Waals surface area contributed by atoms with Crippen molar-refractivity contribution in [3.63, 3.8) is 0 Å². The highest BCUT2D eigenvalue weighted by atomic mass is 16.5. The Labute approximate surface area is 177 Å². The van der Waals surface area contributed by atoms with Crippen molar-refractivity contribution in [2.75, 3.05) is 23.7 Å². The molecule has 0 saturated carbocycles. The summed E-state index contributed by atoms with van der Waals surface area (Å²) in [6.07, 6.45) is 0. The molecule has 0 fully saturated rings. The van der Waals surface area contributed by atoms with Crippen LogP contribution in [-0.2, 0) is 0 Å². The SMILES string of the molecule is CCNc1ccccc1Oc1ccc2ccc(Oc3ccccc3NCC)cc2c1. The van der Waals surface area contributed by atoms with Crippen LogP contribution in [0.4, 0.5) is 11.4 Å². The summed E-state index contributed by atoms with van der Waals surface area (Å²) in [6.45, 7) is 5.82. The van der Waals surface area contributed by atoms with Gasteiger partial charge in [0.05, 0.1) is 11.4 Å². The smallest absolute Gasteiger partial charge is 0.150 e. The summed E-state index contributed by atoms with van der Waals surface area (Å²) in [5.74, 6) is 3.20. The van der Waals surface area contributed by atoms with Gasteiger partial charge in [0.25, 0.3) is 0 Å². The maximum absolute atomic E-state index is 6.17. The number of rotatable bonds is 8. The van der Waals surface area contributed by atoms with Gasteiger partial charge >= 0.3 is 0 Å². The first-order valence-electron chi connectivity index (χ1n) is 10.3. The second-order valence-corrected chi connectivity index (χ2v) is 6.93. The predicted molar refractivity (Wildman–Crippen MR) is 125 cm³/mol. The third kappa shape index (κ3) is 4.49. The van der Waals surface area contributed by atoms with Crippen molar-refractivity contribution in [1.29, 1.82) is 0 Å².